The van der Waals surface area contributed by atoms with Crippen molar-refractivity contribution in [3.8, 4) is 5.75 Å². The van der Waals surface area contributed by atoms with Crippen LogP contribution in [0.25, 0.3) is 11.0 Å². The summed E-state index contributed by atoms with van der Waals surface area (Å²) in [6.45, 7) is 9.75. The number of aryl methyl sites for hydroxylation is 2. The van der Waals surface area contributed by atoms with Crippen molar-refractivity contribution in [3.05, 3.63) is 41.6 Å². The molecule has 4 heterocycles. The number of anilines is 2. The zero-order chi connectivity index (χ0) is 27.5. The standard InChI is InChI=1S/C29H39N7O3.ClH/c1-19(2)39-23-10-8-9-21(17-23)30-29(38)32-28(37)25-18-24-20(3)33-34(4)26(24)31-27(25)36-15-11-22(12-16-36)35-13-6-5-7-14-35;/h8-10,17-19,22H,5-7,11-16H2,1-4H3,(H2,30,32,37,38);1H. The first kappa shape index (κ1) is 29.6. The lowest BCUT2D eigenvalue weighted by Gasteiger charge is -2.40. The van der Waals surface area contributed by atoms with Crippen molar-refractivity contribution in [2.45, 2.75) is 65.0 Å². The summed E-state index contributed by atoms with van der Waals surface area (Å²) < 4.78 is 7.45. The Labute approximate surface area is 241 Å². The van der Waals surface area contributed by atoms with E-state index in [2.05, 4.69) is 25.5 Å². The number of imide groups is 1. The van der Waals surface area contributed by atoms with Crippen LogP contribution in [0.4, 0.5) is 16.3 Å². The van der Waals surface area contributed by atoms with Crippen molar-refractivity contribution in [1.82, 2.24) is 25.0 Å². The topological polar surface area (TPSA) is 105 Å². The third kappa shape index (κ3) is 6.67. The fourth-order valence-corrected chi connectivity index (χ4v) is 5.72. The molecule has 3 amide bonds. The zero-order valence-electron chi connectivity index (χ0n) is 23.8. The second kappa shape index (κ2) is 12.9. The van der Waals surface area contributed by atoms with Gasteiger partial charge in [0.2, 0.25) is 0 Å². The molecule has 2 N–H and O–H groups in total. The molecule has 0 atom stereocenters. The Hall–Kier alpha value is -3.37. The molecule has 10 nitrogen and oxygen atoms in total. The number of hydrogen-bond acceptors (Lipinski definition) is 7. The van der Waals surface area contributed by atoms with E-state index >= 15 is 0 Å². The summed E-state index contributed by atoms with van der Waals surface area (Å²) in [5, 5.41) is 10.5. The number of likely N-dealkylation sites (tertiary alicyclic amines) is 1. The third-order valence-corrected chi connectivity index (χ3v) is 7.59. The SMILES string of the molecule is Cc1nn(C)c2nc(N3CCC(N4CCCCC4)CC3)c(C(=O)NC(=O)Nc3cccc(OC(C)C)c3)cc12.Cl. The molecule has 40 heavy (non-hydrogen) atoms. The molecule has 0 radical (unpaired) electrons. The smallest absolute Gasteiger partial charge is 0.326 e. The number of nitrogens with zero attached hydrogens (tertiary/aromatic N) is 5. The Morgan fingerprint density at radius 2 is 1.77 bits per heavy atom. The summed E-state index contributed by atoms with van der Waals surface area (Å²) in [4.78, 5) is 36.0. The van der Waals surface area contributed by atoms with Gasteiger partial charge in [0.25, 0.3) is 5.91 Å². The Morgan fingerprint density at radius 1 is 1.05 bits per heavy atom. The van der Waals surface area contributed by atoms with Crippen LogP contribution in [0.1, 0.15) is 62.0 Å². The number of carbonyl (C=O) groups is 2. The van der Waals surface area contributed by atoms with Gasteiger partial charge in [-0.05, 0) is 77.7 Å². The maximum atomic E-state index is 13.5. The van der Waals surface area contributed by atoms with E-state index in [0.29, 0.717) is 28.9 Å². The summed E-state index contributed by atoms with van der Waals surface area (Å²) in [7, 11) is 1.86. The van der Waals surface area contributed by atoms with Crippen molar-refractivity contribution in [2.75, 3.05) is 36.4 Å². The number of aromatic nitrogens is 3. The Morgan fingerprint density at radius 3 is 2.48 bits per heavy atom. The van der Waals surface area contributed by atoms with E-state index < -0.39 is 11.9 Å². The van der Waals surface area contributed by atoms with Gasteiger partial charge in [0.05, 0.1) is 17.4 Å². The summed E-state index contributed by atoms with van der Waals surface area (Å²) in [6, 6.07) is 8.88. The van der Waals surface area contributed by atoms with Gasteiger partial charge in [-0.15, -0.1) is 12.4 Å². The molecule has 0 bridgehead atoms. The van der Waals surface area contributed by atoms with E-state index in [1.807, 2.05) is 40.0 Å². The summed E-state index contributed by atoms with van der Waals surface area (Å²) in [5.74, 6) is 0.749. The minimum Gasteiger partial charge on any atom is -0.491 e. The average Bonchev–Trinajstić information content (AvgIpc) is 3.20. The van der Waals surface area contributed by atoms with Crippen LogP contribution in [0.5, 0.6) is 5.75 Å². The monoisotopic (exact) mass is 569 g/mol. The summed E-state index contributed by atoms with van der Waals surface area (Å²) in [6.07, 6.45) is 5.95. The lowest BCUT2D eigenvalue weighted by molar-refractivity contribution is 0.0967. The number of nitrogens with one attached hydrogen (secondary N) is 2. The van der Waals surface area contributed by atoms with Crippen molar-refractivity contribution >= 4 is 46.9 Å². The lowest BCUT2D eigenvalue weighted by Crippen LogP contribution is -2.47. The van der Waals surface area contributed by atoms with Crippen molar-refractivity contribution in [3.63, 3.8) is 0 Å². The molecule has 2 aromatic heterocycles. The maximum absolute atomic E-state index is 13.5. The number of fused-ring (bicyclic) bond motifs is 1. The number of amides is 3. The number of halogens is 1. The third-order valence-electron chi connectivity index (χ3n) is 7.59. The van der Waals surface area contributed by atoms with Gasteiger partial charge in [-0.2, -0.15) is 5.10 Å². The molecule has 2 aliphatic heterocycles. The van der Waals surface area contributed by atoms with E-state index in [1.165, 1.54) is 32.4 Å². The van der Waals surface area contributed by atoms with Gasteiger partial charge < -0.3 is 19.9 Å². The first-order chi connectivity index (χ1) is 18.8. The Kier molecular flexibility index (Phi) is 9.52. The van der Waals surface area contributed by atoms with E-state index in [1.54, 1.807) is 22.9 Å². The number of ether oxygens (including phenoxy) is 1. The highest BCUT2D eigenvalue weighted by molar-refractivity contribution is 6.11. The zero-order valence-corrected chi connectivity index (χ0v) is 24.6. The van der Waals surface area contributed by atoms with Crippen molar-refractivity contribution in [2.24, 2.45) is 7.05 Å². The van der Waals surface area contributed by atoms with Crippen molar-refractivity contribution in [1.29, 1.82) is 0 Å². The van der Waals surface area contributed by atoms with Gasteiger partial charge in [-0.3, -0.25) is 14.8 Å². The molecule has 0 spiro atoms. The highest BCUT2D eigenvalue weighted by Gasteiger charge is 2.29. The molecule has 0 aliphatic carbocycles. The van der Waals surface area contributed by atoms with Crippen LogP contribution >= 0.6 is 12.4 Å². The largest absolute Gasteiger partial charge is 0.491 e. The van der Waals surface area contributed by atoms with Crippen LogP contribution in [0.3, 0.4) is 0 Å². The quantitative estimate of drug-likeness (QED) is 0.435. The van der Waals surface area contributed by atoms with Gasteiger partial charge in [0.1, 0.15) is 11.6 Å². The van der Waals surface area contributed by atoms with Crippen LogP contribution in [-0.4, -0.2) is 69.9 Å². The summed E-state index contributed by atoms with van der Waals surface area (Å²) in [5.41, 5.74) is 2.43. The highest BCUT2D eigenvalue weighted by atomic mass is 35.5. The number of urea groups is 1. The van der Waals surface area contributed by atoms with Gasteiger partial charge in [0.15, 0.2) is 5.65 Å². The number of pyridine rings is 1. The molecular formula is C29H40ClN7O3. The van der Waals surface area contributed by atoms with Crippen LogP contribution < -0.4 is 20.3 Å². The highest BCUT2D eigenvalue weighted by Crippen LogP contribution is 2.29. The van der Waals surface area contributed by atoms with Crippen LogP contribution in [0.2, 0.25) is 0 Å². The molecule has 1 aromatic carbocycles. The molecular weight excluding hydrogens is 530 g/mol. The molecule has 2 saturated heterocycles. The summed E-state index contributed by atoms with van der Waals surface area (Å²) >= 11 is 0. The van der Waals surface area contributed by atoms with Crippen LogP contribution in [0, 0.1) is 6.92 Å². The van der Waals surface area contributed by atoms with E-state index in [-0.39, 0.29) is 18.5 Å². The van der Waals surface area contributed by atoms with Gasteiger partial charge in [-0.1, -0.05) is 12.5 Å². The van der Waals surface area contributed by atoms with Crippen LogP contribution in [-0.2, 0) is 7.05 Å². The second-order valence-corrected chi connectivity index (χ2v) is 10.9. The predicted molar refractivity (Wildman–Crippen MR) is 160 cm³/mol. The first-order valence-electron chi connectivity index (χ1n) is 14.0. The van der Waals surface area contributed by atoms with Gasteiger partial charge in [-0.25, -0.2) is 9.78 Å². The first-order valence-corrected chi connectivity index (χ1v) is 14.0. The molecule has 216 valence electrons. The fourth-order valence-electron chi connectivity index (χ4n) is 5.72. The molecule has 3 aromatic rings. The minimum absolute atomic E-state index is 0. The molecule has 0 unspecified atom stereocenters. The minimum atomic E-state index is -0.612. The average molecular weight is 570 g/mol. The predicted octanol–water partition coefficient (Wildman–Crippen LogP) is 4.90. The molecule has 2 aliphatic rings. The Bertz CT molecular complexity index is 1340. The van der Waals surface area contributed by atoms with Crippen LogP contribution in [0.15, 0.2) is 30.3 Å². The number of piperidine rings is 2. The van der Waals surface area contributed by atoms with E-state index in [0.717, 1.165) is 42.7 Å². The Balaban J connectivity index is 0.00000370. The normalized spacial score (nSPS) is 16.6. The van der Waals surface area contributed by atoms with E-state index in [4.69, 9.17) is 9.72 Å². The maximum Gasteiger partial charge on any atom is 0.326 e. The number of rotatable bonds is 6. The van der Waals surface area contributed by atoms with Gasteiger partial charge >= 0.3 is 6.03 Å². The second-order valence-electron chi connectivity index (χ2n) is 10.9. The number of carbonyl (C=O) groups excluding carboxylic acids is 2. The molecule has 2 fully saturated rings. The van der Waals surface area contributed by atoms with E-state index in [9.17, 15) is 9.59 Å². The number of benzene rings is 1. The van der Waals surface area contributed by atoms with Crippen molar-refractivity contribution < 1.29 is 14.3 Å². The fraction of sp³-hybridized carbons (Fsp3) is 0.517. The van der Waals surface area contributed by atoms with Gasteiger partial charge in [0, 0.05) is 43.3 Å². The molecule has 5 rings (SSSR count). The lowest BCUT2D eigenvalue weighted by atomic mass is 9.99. The number of hydrogen-bond donors (Lipinski definition) is 2. The molecule has 11 heteroatoms. The molecule has 0 saturated carbocycles.